The number of rotatable bonds is 3. The first-order valence-electron chi connectivity index (χ1n) is 5.17. The van der Waals surface area contributed by atoms with E-state index in [2.05, 4.69) is 14.7 Å². The maximum absolute atomic E-state index is 11.2. The molecule has 90 valence electrons. The summed E-state index contributed by atoms with van der Waals surface area (Å²) in [6, 6.07) is 1.89. The zero-order valence-corrected chi connectivity index (χ0v) is 10.0. The molecule has 0 spiro atoms. The molecule has 6 nitrogen and oxygen atoms in total. The van der Waals surface area contributed by atoms with E-state index in [-0.39, 0.29) is 12.5 Å². The molecule has 0 saturated heterocycles. The van der Waals surface area contributed by atoms with Crippen molar-refractivity contribution in [2.75, 3.05) is 25.6 Å². The smallest absolute Gasteiger partial charge is 0.325 e. The number of aromatic nitrogens is 3. The van der Waals surface area contributed by atoms with E-state index in [9.17, 15) is 4.79 Å². The molecule has 0 aliphatic heterocycles. The number of methoxy groups -OCH3 is 1. The number of carbonyl (C=O) groups is 1. The maximum Gasteiger partial charge on any atom is 0.325 e. The minimum atomic E-state index is -0.303. The van der Waals surface area contributed by atoms with Crippen LogP contribution in [0.2, 0.25) is 0 Å². The zero-order valence-electron chi connectivity index (χ0n) is 10.0. The molecule has 0 atom stereocenters. The van der Waals surface area contributed by atoms with Gasteiger partial charge in [-0.1, -0.05) is 0 Å². The van der Waals surface area contributed by atoms with Gasteiger partial charge in [-0.3, -0.25) is 4.79 Å². The van der Waals surface area contributed by atoms with E-state index >= 15 is 0 Å². The third-order valence-electron chi connectivity index (χ3n) is 2.58. The van der Waals surface area contributed by atoms with Crippen LogP contribution in [0.5, 0.6) is 0 Å². The summed E-state index contributed by atoms with van der Waals surface area (Å²) in [4.78, 5) is 21.5. The molecule has 0 aliphatic rings. The first-order valence-corrected chi connectivity index (χ1v) is 5.17. The van der Waals surface area contributed by atoms with Crippen LogP contribution in [0.25, 0.3) is 11.0 Å². The van der Waals surface area contributed by atoms with E-state index in [1.807, 2.05) is 17.7 Å². The van der Waals surface area contributed by atoms with Gasteiger partial charge in [0, 0.05) is 20.3 Å². The lowest BCUT2D eigenvalue weighted by Crippen LogP contribution is -2.27. The summed E-state index contributed by atoms with van der Waals surface area (Å²) in [5.74, 6) is 0.371. The van der Waals surface area contributed by atoms with Gasteiger partial charge in [0.15, 0.2) is 5.82 Å². The van der Waals surface area contributed by atoms with Crippen LogP contribution in [0, 0.1) is 0 Å². The normalized spacial score (nSPS) is 10.5. The molecule has 2 heterocycles. The molecule has 17 heavy (non-hydrogen) atoms. The van der Waals surface area contributed by atoms with Gasteiger partial charge in [0.1, 0.15) is 12.1 Å². The zero-order chi connectivity index (χ0) is 12.4. The fraction of sp³-hybridized carbons (Fsp3) is 0.364. The lowest BCUT2D eigenvalue weighted by atomic mass is 10.3. The Kier molecular flexibility index (Phi) is 2.95. The number of aryl methyl sites for hydroxylation is 1. The Morgan fingerprint density at radius 2 is 2.29 bits per heavy atom. The molecular formula is C11H14N4O2. The van der Waals surface area contributed by atoms with Crippen LogP contribution in [0.15, 0.2) is 18.6 Å². The van der Waals surface area contributed by atoms with Crippen molar-refractivity contribution in [1.29, 1.82) is 0 Å². The van der Waals surface area contributed by atoms with E-state index in [1.165, 1.54) is 7.11 Å². The predicted molar refractivity (Wildman–Crippen MR) is 63.8 cm³/mol. The Balaban J connectivity index is 2.38. The number of ether oxygens (including phenoxy) is 1. The second-order valence-electron chi connectivity index (χ2n) is 3.79. The van der Waals surface area contributed by atoms with Gasteiger partial charge in [-0.05, 0) is 6.07 Å². The van der Waals surface area contributed by atoms with Gasteiger partial charge in [0.05, 0.1) is 19.0 Å². The third-order valence-corrected chi connectivity index (χ3v) is 2.58. The number of hydrogen-bond acceptors (Lipinski definition) is 5. The molecule has 0 N–H and O–H groups in total. The van der Waals surface area contributed by atoms with Gasteiger partial charge < -0.3 is 14.2 Å². The van der Waals surface area contributed by atoms with E-state index in [4.69, 9.17) is 0 Å². The summed E-state index contributed by atoms with van der Waals surface area (Å²) in [5.41, 5.74) is 1.76. The topological polar surface area (TPSA) is 60.2 Å². The number of fused-ring (bicyclic) bond motifs is 1. The Morgan fingerprint density at radius 1 is 1.53 bits per heavy atom. The second-order valence-corrected chi connectivity index (χ2v) is 3.79. The molecule has 2 rings (SSSR count). The lowest BCUT2D eigenvalue weighted by Gasteiger charge is -2.16. The first kappa shape index (κ1) is 11.4. The van der Waals surface area contributed by atoms with Gasteiger partial charge in [-0.25, -0.2) is 9.97 Å². The average Bonchev–Trinajstić information content (AvgIpc) is 2.71. The van der Waals surface area contributed by atoms with Gasteiger partial charge in [0.2, 0.25) is 0 Å². The first-order chi connectivity index (χ1) is 8.13. The molecule has 0 unspecified atom stereocenters. The second kappa shape index (κ2) is 4.40. The van der Waals surface area contributed by atoms with Crippen LogP contribution in [0.3, 0.4) is 0 Å². The van der Waals surface area contributed by atoms with Crippen LogP contribution >= 0.6 is 0 Å². The minimum Gasteiger partial charge on any atom is -0.468 e. The van der Waals surface area contributed by atoms with Crippen molar-refractivity contribution in [3.63, 3.8) is 0 Å². The molecule has 0 amide bonds. The summed E-state index contributed by atoms with van der Waals surface area (Å²) in [7, 11) is 5.07. The van der Waals surface area contributed by atoms with Crippen molar-refractivity contribution >= 4 is 22.8 Å². The molecule has 0 aromatic carbocycles. The van der Waals surface area contributed by atoms with Gasteiger partial charge in [-0.2, -0.15) is 0 Å². The summed E-state index contributed by atoms with van der Waals surface area (Å²) >= 11 is 0. The Morgan fingerprint density at radius 3 is 3.00 bits per heavy atom. The Hall–Kier alpha value is -2.11. The fourth-order valence-corrected chi connectivity index (χ4v) is 1.66. The summed E-state index contributed by atoms with van der Waals surface area (Å²) in [6.45, 7) is 0.152. The quantitative estimate of drug-likeness (QED) is 0.727. The van der Waals surface area contributed by atoms with Gasteiger partial charge >= 0.3 is 5.97 Å². The average molecular weight is 234 g/mol. The Bertz CT molecular complexity index is 549. The van der Waals surface area contributed by atoms with Gasteiger partial charge in [0.25, 0.3) is 0 Å². The SMILES string of the molecule is COC(=O)CN(C)c1nccc2c1ncn2C. The monoisotopic (exact) mass is 234 g/mol. The molecule has 0 bridgehead atoms. The third kappa shape index (κ3) is 2.06. The van der Waals surface area contributed by atoms with Crippen molar-refractivity contribution in [3.8, 4) is 0 Å². The van der Waals surface area contributed by atoms with Crippen molar-refractivity contribution in [2.45, 2.75) is 0 Å². The highest BCUT2D eigenvalue weighted by Gasteiger charge is 2.13. The van der Waals surface area contributed by atoms with Crippen molar-refractivity contribution in [3.05, 3.63) is 18.6 Å². The number of likely N-dealkylation sites (N-methyl/N-ethyl adjacent to an activating group) is 1. The van der Waals surface area contributed by atoms with Crippen molar-refractivity contribution < 1.29 is 9.53 Å². The molecule has 2 aromatic rings. The number of nitrogens with zero attached hydrogens (tertiary/aromatic N) is 4. The highest BCUT2D eigenvalue weighted by Crippen LogP contribution is 2.21. The summed E-state index contributed by atoms with van der Waals surface area (Å²) in [6.07, 6.45) is 3.43. The number of pyridine rings is 1. The summed E-state index contributed by atoms with van der Waals surface area (Å²) in [5, 5.41) is 0. The molecule has 2 aromatic heterocycles. The largest absolute Gasteiger partial charge is 0.468 e. The van der Waals surface area contributed by atoms with E-state index < -0.39 is 0 Å². The van der Waals surface area contributed by atoms with Gasteiger partial charge in [-0.15, -0.1) is 0 Å². The van der Waals surface area contributed by atoms with E-state index in [0.717, 1.165) is 11.0 Å². The van der Waals surface area contributed by atoms with Crippen LogP contribution < -0.4 is 4.90 Å². The molecule has 0 fully saturated rings. The fourth-order valence-electron chi connectivity index (χ4n) is 1.66. The highest BCUT2D eigenvalue weighted by molar-refractivity contribution is 5.88. The lowest BCUT2D eigenvalue weighted by molar-refractivity contribution is -0.138. The Labute approximate surface area is 98.8 Å². The number of hydrogen-bond donors (Lipinski definition) is 0. The predicted octanol–water partition coefficient (Wildman–Crippen LogP) is 0.577. The standard InChI is InChI=1S/C11H14N4O2/c1-14(6-9(16)17-3)11-10-8(4-5-12-11)15(2)7-13-10/h4-5,7H,6H2,1-3H3. The molecule has 0 aliphatic carbocycles. The van der Waals surface area contributed by atoms with Crippen molar-refractivity contribution in [1.82, 2.24) is 14.5 Å². The van der Waals surface area contributed by atoms with Crippen molar-refractivity contribution in [2.24, 2.45) is 7.05 Å². The molecular weight excluding hydrogens is 220 g/mol. The van der Waals surface area contributed by atoms with Crippen LogP contribution in [-0.4, -0.2) is 41.2 Å². The van der Waals surface area contributed by atoms with Crippen LogP contribution in [0.1, 0.15) is 0 Å². The number of esters is 1. The number of anilines is 1. The number of carbonyl (C=O) groups excluding carboxylic acids is 1. The van der Waals surface area contributed by atoms with Crippen LogP contribution in [-0.2, 0) is 16.6 Å². The molecule has 6 heteroatoms. The molecule has 0 radical (unpaired) electrons. The van der Waals surface area contributed by atoms with Crippen LogP contribution in [0.4, 0.5) is 5.82 Å². The van der Waals surface area contributed by atoms with E-state index in [1.54, 1.807) is 24.5 Å². The summed E-state index contributed by atoms with van der Waals surface area (Å²) < 4.78 is 6.53. The number of imidazole rings is 1. The maximum atomic E-state index is 11.2. The highest BCUT2D eigenvalue weighted by atomic mass is 16.5. The molecule has 0 saturated carbocycles. The van der Waals surface area contributed by atoms with E-state index in [0.29, 0.717) is 5.82 Å². The minimum absolute atomic E-state index is 0.152.